The van der Waals surface area contributed by atoms with Crippen LogP contribution in [0.1, 0.15) is 41.7 Å². The largest absolute Gasteiger partial charge is 0.476 e. The maximum absolute atomic E-state index is 11.4. The Hall–Kier alpha value is -2.64. The minimum absolute atomic E-state index is 0.0321. The number of nitrogens with zero attached hydrogens (tertiary/aromatic N) is 3. The van der Waals surface area contributed by atoms with Gasteiger partial charge in [0.1, 0.15) is 0 Å². The molecule has 1 aliphatic heterocycles. The highest BCUT2D eigenvalue weighted by Gasteiger charge is 2.42. The molecule has 4 rings (SSSR count). The maximum atomic E-state index is 11.4. The summed E-state index contributed by atoms with van der Waals surface area (Å²) in [5, 5.41) is 19.9. The third-order valence-electron chi connectivity index (χ3n) is 5.19. The fourth-order valence-corrected chi connectivity index (χ4v) is 4.14. The van der Waals surface area contributed by atoms with E-state index in [-0.39, 0.29) is 11.6 Å². The van der Waals surface area contributed by atoms with Crippen molar-refractivity contribution in [3.8, 4) is 5.88 Å². The molecule has 2 aliphatic rings. The number of aromatic carboxylic acids is 1. The molecule has 1 aliphatic carbocycles. The molecule has 8 heteroatoms. The quantitative estimate of drug-likeness (QED) is 0.795. The van der Waals surface area contributed by atoms with Gasteiger partial charge in [-0.3, -0.25) is 4.90 Å². The van der Waals surface area contributed by atoms with E-state index in [0.717, 1.165) is 37.1 Å². The van der Waals surface area contributed by atoms with Gasteiger partial charge in [0.05, 0.1) is 0 Å². The molecular weight excluding hydrogens is 380 g/mol. The fourth-order valence-electron chi connectivity index (χ4n) is 3.77. The molecule has 1 aromatic heterocycles. The molecule has 1 aromatic carbocycles. The van der Waals surface area contributed by atoms with Crippen LogP contribution in [0.2, 0.25) is 0 Å². The highest BCUT2D eigenvalue weighted by atomic mass is 35.5. The van der Waals surface area contributed by atoms with Crippen molar-refractivity contribution in [3.05, 3.63) is 58.8 Å². The molecule has 0 spiro atoms. The second kappa shape index (κ2) is 7.77. The van der Waals surface area contributed by atoms with Crippen LogP contribution in [0.15, 0.2) is 47.5 Å². The zero-order chi connectivity index (χ0) is 19.6. The summed E-state index contributed by atoms with van der Waals surface area (Å²) in [5.41, 5.74) is 0.913. The normalized spacial score (nSPS) is 23.0. The number of carboxylic acid groups (broad SMARTS) is 1. The molecule has 2 aromatic rings. The minimum Gasteiger partial charge on any atom is -0.476 e. The van der Waals surface area contributed by atoms with Crippen LogP contribution in [-0.4, -0.2) is 50.2 Å². The van der Waals surface area contributed by atoms with Gasteiger partial charge in [-0.2, -0.15) is 0 Å². The number of benzene rings is 1. The first kappa shape index (κ1) is 18.7. The Morgan fingerprint density at radius 1 is 1.21 bits per heavy atom. The van der Waals surface area contributed by atoms with E-state index >= 15 is 0 Å². The van der Waals surface area contributed by atoms with E-state index < -0.39 is 11.7 Å². The number of aromatic nitrogens is 3. The molecule has 0 radical (unpaired) electrons. The Balaban J connectivity index is 1.70. The lowest BCUT2D eigenvalue weighted by Gasteiger charge is -2.44. The van der Waals surface area contributed by atoms with Gasteiger partial charge in [-0.15, -0.1) is 0 Å². The molecule has 28 heavy (non-hydrogen) atoms. The molecule has 1 unspecified atom stereocenters. The topological polar surface area (TPSA) is 91.3 Å². The highest BCUT2D eigenvalue weighted by Crippen LogP contribution is 2.40. The summed E-state index contributed by atoms with van der Waals surface area (Å²) in [4.78, 5) is 13.7. The molecule has 2 N–H and O–H groups in total. The van der Waals surface area contributed by atoms with Crippen LogP contribution in [0.3, 0.4) is 0 Å². The molecule has 1 atom stereocenters. The SMILES string of the molecule is O=C(O)c1[nH]nnc1OC1(N2CCCCC2)C=CC(c2ccccc2)=C(Cl)C1. The molecule has 0 amide bonds. The lowest BCUT2D eigenvalue weighted by Crippen LogP contribution is -2.54. The van der Waals surface area contributed by atoms with Gasteiger partial charge < -0.3 is 9.84 Å². The van der Waals surface area contributed by atoms with Crippen molar-refractivity contribution < 1.29 is 14.6 Å². The Labute approximate surface area is 167 Å². The zero-order valence-corrected chi connectivity index (χ0v) is 16.0. The second-order valence-electron chi connectivity index (χ2n) is 6.99. The zero-order valence-electron chi connectivity index (χ0n) is 15.3. The van der Waals surface area contributed by atoms with E-state index in [0.29, 0.717) is 11.5 Å². The van der Waals surface area contributed by atoms with Crippen molar-refractivity contribution in [1.29, 1.82) is 0 Å². The van der Waals surface area contributed by atoms with Crippen molar-refractivity contribution in [2.45, 2.75) is 31.4 Å². The van der Waals surface area contributed by atoms with Crippen LogP contribution < -0.4 is 4.74 Å². The molecule has 2 heterocycles. The van der Waals surface area contributed by atoms with Crippen LogP contribution >= 0.6 is 11.6 Å². The number of likely N-dealkylation sites (tertiary alicyclic amines) is 1. The Bertz CT molecular complexity index is 919. The van der Waals surface area contributed by atoms with Crippen LogP contribution in [0.5, 0.6) is 5.88 Å². The van der Waals surface area contributed by atoms with Crippen molar-refractivity contribution >= 4 is 23.1 Å². The van der Waals surface area contributed by atoms with E-state index in [1.54, 1.807) is 0 Å². The molecular formula is C20H21ClN4O3. The molecule has 0 bridgehead atoms. The Kier molecular flexibility index (Phi) is 5.19. The van der Waals surface area contributed by atoms with E-state index in [2.05, 4.69) is 20.3 Å². The maximum Gasteiger partial charge on any atom is 0.359 e. The first-order chi connectivity index (χ1) is 13.6. The van der Waals surface area contributed by atoms with Crippen LogP contribution in [-0.2, 0) is 0 Å². The number of rotatable bonds is 5. The number of allylic oxidation sites excluding steroid dienone is 2. The Morgan fingerprint density at radius 2 is 1.96 bits per heavy atom. The Morgan fingerprint density at radius 3 is 2.64 bits per heavy atom. The smallest absolute Gasteiger partial charge is 0.359 e. The standard InChI is InChI=1S/C20H21ClN4O3/c21-16-13-20(25-11-5-2-6-12-25,28-18-17(19(26)27)22-24-23-18)10-9-15(16)14-7-3-1-4-8-14/h1,3-4,7-10H,2,5-6,11-13H2,(H,26,27)(H,22,23,24). The van der Waals surface area contributed by atoms with Gasteiger partial charge in [-0.1, -0.05) is 64.7 Å². The van der Waals surface area contributed by atoms with Gasteiger partial charge >= 0.3 is 5.97 Å². The van der Waals surface area contributed by atoms with Gasteiger partial charge in [-0.05, 0) is 30.1 Å². The minimum atomic E-state index is -1.17. The van der Waals surface area contributed by atoms with Crippen LogP contribution in [0.25, 0.3) is 5.57 Å². The predicted octanol–water partition coefficient (Wildman–Crippen LogP) is 3.67. The van der Waals surface area contributed by atoms with Crippen LogP contribution in [0, 0.1) is 0 Å². The van der Waals surface area contributed by atoms with Gasteiger partial charge in [0, 0.05) is 24.5 Å². The lowest BCUT2D eigenvalue weighted by atomic mass is 9.92. The number of nitrogens with one attached hydrogen (secondary N) is 1. The van der Waals surface area contributed by atoms with E-state index in [1.807, 2.05) is 42.5 Å². The average molecular weight is 401 g/mol. The number of ether oxygens (including phenoxy) is 1. The summed E-state index contributed by atoms with van der Waals surface area (Å²) in [6.07, 6.45) is 7.59. The molecule has 1 saturated heterocycles. The third kappa shape index (κ3) is 3.55. The third-order valence-corrected chi connectivity index (χ3v) is 5.53. The first-order valence-electron chi connectivity index (χ1n) is 9.31. The van der Waals surface area contributed by atoms with Crippen molar-refractivity contribution in [3.63, 3.8) is 0 Å². The summed E-state index contributed by atoms with van der Waals surface area (Å²) in [6.45, 7) is 1.69. The van der Waals surface area contributed by atoms with Gasteiger partial charge in [0.25, 0.3) is 5.88 Å². The highest BCUT2D eigenvalue weighted by molar-refractivity contribution is 6.33. The van der Waals surface area contributed by atoms with Gasteiger partial charge in [0.2, 0.25) is 5.69 Å². The number of hydrogen-bond acceptors (Lipinski definition) is 5. The van der Waals surface area contributed by atoms with E-state index in [4.69, 9.17) is 16.3 Å². The average Bonchev–Trinajstić information content (AvgIpc) is 3.18. The molecule has 7 nitrogen and oxygen atoms in total. The van der Waals surface area contributed by atoms with Crippen molar-refractivity contribution in [2.24, 2.45) is 0 Å². The number of halogens is 1. The summed E-state index contributed by atoms with van der Waals surface area (Å²) in [5.74, 6) is -1.20. The number of hydrogen-bond donors (Lipinski definition) is 2. The number of piperidine rings is 1. The number of carboxylic acids is 1. The first-order valence-corrected chi connectivity index (χ1v) is 9.68. The molecule has 146 valence electrons. The van der Waals surface area contributed by atoms with Gasteiger partial charge in [-0.25, -0.2) is 9.89 Å². The summed E-state index contributed by atoms with van der Waals surface area (Å²) >= 11 is 6.72. The van der Waals surface area contributed by atoms with Crippen LogP contribution in [0.4, 0.5) is 0 Å². The molecule has 0 saturated carbocycles. The second-order valence-corrected chi connectivity index (χ2v) is 7.44. The summed E-state index contributed by atoms with van der Waals surface area (Å²) < 4.78 is 6.20. The fraction of sp³-hybridized carbons (Fsp3) is 0.350. The predicted molar refractivity (Wildman–Crippen MR) is 105 cm³/mol. The van der Waals surface area contributed by atoms with Crippen molar-refractivity contribution in [2.75, 3.05) is 13.1 Å². The number of H-pyrrole nitrogens is 1. The number of aromatic amines is 1. The molecule has 1 fully saturated rings. The van der Waals surface area contributed by atoms with Crippen molar-refractivity contribution in [1.82, 2.24) is 20.3 Å². The van der Waals surface area contributed by atoms with E-state index in [9.17, 15) is 9.90 Å². The summed E-state index contributed by atoms with van der Waals surface area (Å²) in [7, 11) is 0. The number of carbonyl (C=O) groups is 1. The van der Waals surface area contributed by atoms with E-state index in [1.165, 1.54) is 6.42 Å². The summed E-state index contributed by atoms with van der Waals surface area (Å²) in [6, 6.07) is 9.92. The lowest BCUT2D eigenvalue weighted by molar-refractivity contribution is -0.0575. The van der Waals surface area contributed by atoms with Gasteiger partial charge in [0.15, 0.2) is 5.72 Å². The monoisotopic (exact) mass is 400 g/mol.